The van der Waals surface area contributed by atoms with Gasteiger partial charge in [0.15, 0.2) is 0 Å². The molecule has 0 heterocycles. The van der Waals surface area contributed by atoms with Crippen LogP contribution in [-0.4, -0.2) is 14.3 Å². The van der Waals surface area contributed by atoms with E-state index in [0.29, 0.717) is 5.02 Å². The van der Waals surface area contributed by atoms with E-state index >= 15 is 0 Å². The minimum atomic E-state index is -4.06. The lowest BCUT2D eigenvalue weighted by Gasteiger charge is -2.12. The Hall–Kier alpha value is -1.22. The molecule has 24 heavy (non-hydrogen) atoms. The molecule has 0 saturated carbocycles. The molecular formula is C13H9Cl4N3O3S. The second-order valence-electron chi connectivity index (χ2n) is 4.51. The Labute approximate surface area is 157 Å². The van der Waals surface area contributed by atoms with Gasteiger partial charge in [-0.1, -0.05) is 46.4 Å². The maximum atomic E-state index is 12.1. The van der Waals surface area contributed by atoms with Gasteiger partial charge in [0.25, 0.3) is 5.91 Å². The lowest BCUT2D eigenvalue weighted by molar-refractivity contribution is 0.0962. The number of rotatable bonds is 4. The van der Waals surface area contributed by atoms with Crippen LogP contribution >= 0.6 is 46.4 Å². The van der Waals surface area contributed by atoms with Gasteiger partial charge in [-0.05, 0) is 30.3 Å². The van der Waals surface area contributed by atoms with Crippen LogP contribution in [0.25, 0.3) is 0 Å². The predicted octanol–water partition coefficient (Wildman–Crippen LogP) is 3.70. The maximum absolute atomic E-state index is 12.1. The Balaban J connectivity index is 2.23. The summed E-state index contributed by atoms with van der Waals surface area (Å²) in [7, 11) is -4.06. The van der Waals surface area contributed by atoms with Crippen molar-refractivity contribution < 1.29 is 13.2 Å². The molecule has 128 valence electrons. The van der Waals surface area contributed by atoms with Crippen LogP contribution in [0.5, 0.6) is 0 Å². The van der Waals surface area contributed by atoms with Crippen molar-refractivity contribution in [1.29, 1.82) is 0 Å². The molecule has 0 bridgehead atoms. The summed E-state index contributed by atoms with van der Waals surface area (Å²) in [6.07, 6.45) is 0. The molecule has 0 saturated heterocycles. The molecule has 0 unspecified atom stereocenters. The van der Waals surface area contributed by atoms with Crippen molar-refractivity contribution in [3.8, 4) is 0 Å². The SMILES string of the molecule is NS(=O)(=O)c1cc(C(=O)NNc2c(Cl)cc(Cl)cc2Cl)ccc1Cl. The number of carbonyl (C=O) groups is 1. The van der Waals surface area contributed by atoms with Gasteiger partial charge in [0, 0.05) is 10.6 Å². The van der Waals surface area contributed by atoms with E-state index in [1.807, 2.05) is 0 Å². The Morgan fingerprint density at radius 2 is 1.54 bits per heavy atom. The van der Waals surface area contributed by atoms with Crippen molar-refractivity contribution in [2.75, 3.05) is 5.43 Å². The molecule has 4 N–H and O–H groups in total. The first-order valence-electron chi connectivity index (χ1n) is 6.13. The number of hydrazine groups is 1. The van der Waals surface area contributed by atoms with Crippen LogP contribution < -0.4 is 16.0 Å². The lowest BCUT2D eigenvalue weighted by Crippen LogP contribution is -2.30. The highest BCUT2D eigenvalue weighted by atomic mass is 35.5. The Morgan fingerprint density at radius 1 is 0.958 bits per heavy atom. The number of nitrogens with two attached hydrogens (primary N) is 1. The minimum absolute atomic E-state index is 0.0112. The number of nitrogens with one attached hydrogen (secondary N) is 2. The normalized spacial score (nSPS) is 11.2. The number of anilines is 1. The average Bonchev–Trinajstić information content (AvgIpc) is 2.45. The molecule has 2 aromatic carbocycles. The van der Waals surface area contributed by atoms with E-state index in [1.165, 1.54) is 24.3 Å². The van der Waals surface area contributed by atoms with Crippen LogP contribution in [-0.2, 0) is 10.0 Å². The van der Waals surface area contributed by atoms with Gasteiger partial charge in [-0.2, -0.15) is 0 Å². The van der Waals surface area contributed by atoms with Crippen molar-refractivity contribution in [3.63, 3.8) is 0 Å². The van der Waals surface area contributed by atoms with Gasteiger partial charge < -0.3 is 0 Å². The van der Waals surface area contributed by atoms with Gasteiger partial charge in [0.2, 0.25) is 10.0 Å². The molecule has 0 radical (unpaired) electrons. The largest absolute Gasteiger partial charge is 0.295 e. The minimum Gasteiger partial charge on any atom is -0.295 e. The zero-order valence-corrected chi connectivity index (χ0v) is 15.4. The Bertz CT molecular complexity index is 896. The summed E-state index contributed by atoms with van der Waals surface area (Å²) in [4.78, 5) is 11.8. The highest BCUT2D eigenvalue weighted by molar-refractivity contribution is 7.89. The van der Waals surface area contributed by atoms with Crippen molar-refractivity contribution in [2.45, 2.75) is 4.90 Å². The summed E-state index contributed by atoms with van der Waals surface area (Å²) < 4.78 is 22.9. The van der Waals surface area contributed by atoms with Gasteiger partial charge in [-0.15, -0.1) is 0 Å². The first-order valence-corrected chi connectivity index (χ1v) is 9.18. The summed E-state index contributed by atoms with van der Waals surface area (Å²) in [6, 6.07) is 6.51. The highest BCUT2D eigenvalue weighted by Crippen LogP contribution is 2.33. The van der Waals surface area contributed by atoms with Gasteiger partial charge >= 0.3 is 0 Å². The molecule has 0 atom stereocenters. The summed E-state index contributed by atoms with van der Waals surface area (Å²) in [5.41, 5.74) is 5.12. The summed E-state index contributed by atoms with van der Waals surface area (Å²) in [5.74, 6) is -0.654. The molecule has 11 heteroatoms. The molecule has 0 aliphatic rings. The quantitative estimate of drug-likeness (QED) is 0.646. The number of primary sulfonamides is 1. The second-order valence-corrected chi connectivity index (χ2v) is 7.70. The molecular weight excluding hydrogens is 420 g/mol. The van der Waals surface area contributed by atoms with E-state index in [1.54, 1.807) is 0 Å². The van der Waals surface area contributed by atoms with Crippen molar-refractivity contribution in [2.24, 2.45) is 5.14 Å². The fraction of sp³-hybridized carbons (Fsp3) is 0. The number of carbonyl (C=O) groups excluding carboxylic acids is 1. The third-order valence-electron chi connectivity index (χ3n) is 2.81. The van der Waals surface area contributed by atoms with Crippen LogP contribution in [0, 0.1) is 0 Å². The average molecular weight is 429 g/mol. The van der Waals surface area contributed by atoms with Crippen LogP contribution in [0.4, 0.5) is 5.69 Å². The molecule has 0 fully saturated rings. The van der Waals surface area contributed by atoms with E-state index in [2.05, 4.69) is 10.9 Å². The fourth-order valence-electron chi connectivity index (χ4n) is 1.72. The van der Waals surface area contributed by atoms with Crippen LogP contribution in [0.1, 0.15) is 10.4 Å². The number of sulfonamides is 1. The number of hydrogen-bond donors (Lipinski definition) is 3. The van der Waals surface area contributed by atoms with Gasteiger partial charge in [0.05, 0.1) is 20.8 Å². The number of amides is 1. The van der Waals surface area contributed by atoms with Crippen LogP contribution in [0.15, 0.2) is 35.2 Å². The molecule has 1 amide bonds. The van der Waals surface area contributed by atoms with Gasteiger partial charge in [-0.3, -0.25) is 15.6 Å². The van der Waals surface area contributed by atoms with Crippen molar-refractivity contribution in [3.05, 3.63) is 56.0 Å². The lowest BCUT2D eigenvalue weighted by atomic mass is 10.2. The third kappa shape index (κ3) is 4.44. The molecule has 0 aromatic heterocycles. The monoisotopic (exact) mass is 427 g/mol. The topological polar surface area (TPSA) is 101 Å². The third-order valence-corrected chi connectivity index (χ3v) is 5.01. The molecule has 0 spiro atoms. The summed E-state index contributed by atoms with van der Waals surface area (Å²) in [6.45, 7) is 0. The molecule has 2 rings (SSSR count). The van der Waals surface area contributed by atoms with Crippen molar-refractivity contribution in [1.82, 2.24) is 5.43 Å². The smallest absolute Gasteiger partial charge is 0.269 e. The zero-order valence-electron chi connectivity index (χ0n) is 11.6. The Kier molecular flexibility index (Phi) is 5.85. The summed E-state index contributed by atoms with van der Waals surface area (Å²) >= 11 is 23.5. The van der Waals surface area contributed by atoms with E-state index in [9.17, 15) is 13.2 Å². The maximum Gasteiger partial charge on any atom is 0.269 e. The number of halogens is 4. The molecule has 2 aromatic rings. The van der Waals surface area contributed by atoms with E-state index in [4.69, 9.17) is 51.5 Å². The number of hydrogen-bond acceptors (Lipinski definition) is 4. The van der Waals surface area contributed by atoms with Gasteiger partial charge in [-0.25, -0.2) is 13.6 Å². The van der Waals surface area contributed by atoms with Crippen LogP contribution in [0.2, 0.25) is 20.1 Å². The number of benzene rings is 2. The highest BCUT2D eigenvalue weighted by Gasteiger charge is 2.17. The van der Waals surface area contributed by atoms with Crippen molar-refractivity contribution >= 4 is 68.0 Å². The first-order chi connectivity index (χ1) is 11.1. The molecule has 0 aliphatic carbocycles. The zero-order chi connectivity index (χ0) is 18.1. The van der Waals surface area contributed by atoms with Gasteiger partial charge in [0.1, 0.15) is 4.90 Å². The molecule has 0 aliphatic heterocycles. The standard InChI is InChI=1S/C13H9Cl4N3O3S/c14-7-4-9(16)12(10(17)5-7)19-20-13(21)6-1-2-8(15)11(3-6)24(18,22)23/h1-5,19H,(H,20,21)(H2,18,22,23). The predicted molar refractivity (Wildman–Crippen MR) is 95.4 cm³/mol. The van der Waals surface area contributed by atoms with Crippen LogP contribution in [0.3, 0.4) is 0 Å². The van der Waals surface area contributed by atoms with E-state index in [-0.39, 0.29) is 31.2 Å². The summed E-state index contributed by atoms with van der Waals surface area (Å²) in [5, 5.41) is 5.66. The fourth-order valence-corrected chi connectivity index (χ4v) is 3.70. The first kappa shape index (κ1) is 19.1. The second kappa shape index (κ2) is 7.35. The van der Waals surface area contributed by atoms with E-state index < -0.39 is 15.9 Å². The molecule has 6 nitrogen and oxygen atoms in total. The Morgan fingerprint density at radius 3 is 2.08 bits per heavy atom. The van der Waals surface area contributed by atoms with E-state index in [0.717, 1.165) is 6.07 Å².